The minimum Gasteiger partial charge on any atom is -0.493 e. The van der Waals surface area contributed by atoms with E-state index in [4.69, 9.17) is 14.2 Å². The molecule has 1 aliphatic carbocycles. The summed E-state index contributed by atoms with van der Waals surface area (Å²) in [5.74, 6) is 1.04. The number of aliphatic imine (C=N–C) groups is 1. The molecular weight excluding hydrogens is 338 g/mol. The van der Waals surface area contributed by atoms with E-state index in [0.717, 1.165) is 35.4 Å². The Labute approximate surface area is 151 Å². The van der Waals surface area contributed by atoms with E-state index in [9.17, 15) is 4.79 Å². The number of methoxy groups -OCH3 is 2. The van der Waals surface area contributed by atoms with Crippen molar-refractivity contribution in [3.05, 3.63) is 39.8 Å². The summed E-state index contributed by atoms with van der Waals surface area (Å²) >= 11 is 1.58. The lowest BCUT2D eigenvalue weighted by Crippen LogP contribution is -2.06. The number of nitrogens with zero attached hydrogens (tertiary/aromatic N) is 1. The summed E-state index contributed by atoms with van der Waals surface area (Å²) in [6.07, 6.45) is 4.77. The number of fused-ring (bicyclic) bond motifs is 1. The fourth-order valence-electron chi connectivity index (χ4n) is 2.96. The Morgan fingerprint density at radius 3 is 2.76 bits per heavy atom. The maximum atomic E-state index is 12.4. The fraction of sp³-hybridized carbons (Fsp3) is 0.368. The molecule has 0 spiro atoms. The molecule has 0 saturated heterocycles. The van der Waals surface area contributed by atoms with Crippen molar-refractivity contribution < 1.29 is 19.0 Å². The van der Waals surface area contributed by atoms with E-state index in [0.29, 0.717) is 23.7 Å². The van der Waals surface area contributed by atoms with Crippen LogP contribution in [0.1, 0.15) is 39.7 Å². The van der Waals surface area contributed by atoms with Crippen LogP contribution in [0.15, 0.2) is 23.2 Å². The minimum atomic E-state index is -0.277. The summed E-state index contributed by atoms with van der Waals surface area (Å²) in [6, 6.07) is 5.59. The number of rotatable bonds is 6. The van der Waals surface area contributed by atoms with Gasteiger partial charge in [0.05, 0.1) is 26.4 Å². The van der Waals surface area contributed by atoms with Gasteiger partial charge in [0.1, 0.15) is 5.00 Å². The van der Waals surface area contributed by atoms with Gasteiger partial charge in [-0.1, -0.05) is 0 Å². The molecule has 5 nitrogen and oxygen atoms in total. The zero-order valence-corrected chi connectivity index (χ0v) is 15.4. The summed E-state index contributed by atoms with van der Waals surface area (Å²) in [7, 11) is 3.20. The molecule has 0 saturated carbocycles. The van der Waals surface area contributed by atoms with E-state index < -0.39 is 0 Å². The van der Waals surface area contributed by atoms with Crippen LogP contribution in [0.3, 0.4) is 0 Å². The topological polar surface area (TPSA) is 57.1 Å². The first kappa shape index (κ1) is 17.5. The van der Waals surface area contributed by atoms with Crippen molar-refractivity contribution in [2.24, 2.45) is 4.99 Å². The van der Waals surface area contributed by atoms with Gasteiger partial charge in [0, 0.05) is 11.1 Å². The monoisotopic (exact) mass is 359 g/mol. The van der Waals surface area contributed by atoms with Gasteiger partial charge in [0.25, 0.3) is 0 Å². The predicted molar refractivity (Wildman–Crippen MR) is 99.1 cm³/mol. The number of benzene rings is 1. The number of hydrogen-bond donors (Lipinski definition) is 0. The number of ether oxygens (including phenoxy) is 3. The van der Waals surface area contributed by atoms with Crippen molar-refractivity contribution in [2.45, 2.75) is 26.2 Å². The molecule has 3 rings (SSSR count). The van der Waals surface area contributed by atoms with Crippen LogP contribution in [-0.4, -0.2) is 33.0 Å². The van der Waals surface area contributed by atoms with E-state index in [1.165, 1.54) is 4.88 Å². The smallest absolute Gasteiger partial charge is 0.341 e. The predicted octanol–water partition coefficient (Wildman–Crippen LogP) is 4.18. The van der Waals surface area contributed by atoms with Gasteiger partial charge in [-0.25, -0.2) is 9.79 Å². The maximum Gasteiger partial charge on any atom is 0.341 e. The fourth-order valence-corrected chi connectivity index (χ4v) is 4.18. The molecule has 0 bridgehead atoms. The lowest BCUT2D eigenvalue weighted by molar-refractivity contribution is 0.0527. The molecule has 2 aromatic rings. The SMILES string of the molecule is CCOC(=O)c1c(N=Cc2ccc(OC)c(OC)c2)sc2c1CCC2. The second kappa shape index (κ2) is 7.70. The van der Waals surface area contributed by atoms with Gasteiger partial charge in [0.15, 0.2) is 11.5 Å². The van der Waals surface area contributed by atoms with Crippen LogP contribution in [0.2, 0.25) is 0 Å². The van der Waals surface area contributed by atoms with Crippen molar-refractivity contribution in [3.8, 4) is 11.5 Å². The summed E-state index contributed by atoms with van der Waals surface area (Å²) in [5, 5.41) is 0.720. The molecule has 0 aliphatic heterocycles. The lowest BCUT2D eigenvalue weighted by Gasteiger charge is -2.07. The molecule has 1 aliphatic rings. The zero-order chi connectivity index (χ0) is 17.8. The normalized spacial score (nSPS) is 13.1. The highest BCUT2D eigenvalue weighted by Gasteiger charge is 2.27. The number of carbonyl (C=O) groups is 1. The van der Waals surface area contributed by atoms with Crippen molar-refractivity contribution in [2.75, 3.05) is 20.8 Å². The second-order valence-electron chi connectivity index (χ2n) is 5.63. The van der Waals surface area contributed by atoms with Crippen LogP contribution in [0, 0.1) is 0 Å². The van der Waals surface area contributed by atoms with Gasteiger partial charge in [-0.2, -0.15) is 0 Å². The average Bonchev–Trinajstić information content (AvgIpc) is 3.20. The molecule has 0 fully saturated rings. The van der Waals surface area contributed by atoms with E-state index in [2.05, 4.69) is 4.99 Å². The molecule has 0 N–H and O–H groups in total. The minimum absolute atomic E-state index is 0.277. The quantitative estimate of drug-likeness (QED) is 0.573. The Hall–Kier alpha value is -2.34. The Morgan fingerprint density at radius 1 is 1.24 bits per heavy atom. The van der Waals surface area contributed by atoms with Gasteiger partial charge >= 0.3 is 5.97 Å². The average molecular weight is 359 g/mol. The molecule has 0 atom stereocenters. The van der Waals surface area contributed by atoms with Gasteiger partial charge in [-0.15, -0.1) is 11.3 Å². The number of aryl methyl sites for hydroxylation is 1. The van der Waals surface area contributed by atoms with Crippen LogP contribution in [0.25, 0.3) is 0 Å². The molecule has 25 heavy (non-hydrogen) atoms. The number of hydrogen-bond acceptors (Lipinski definition) is 6. The molecule has 132 valence electrons. The lowest BCUT2D eigenvalue weighted by atomic mass is 10.1. The first-order chi connectivity index (χ1) is 12.2. The first-order valence-electron chi connectivity index (χ1n) is 8.25. The van der Waals surface area contributed by atoms with Crippen molar-refractivity contribution in [3.63, 3.8) is 0 Å². The van der Waals surface area contributed by atoms with Crippen LogP contribution in [0.4, 0.5) is 5.00 Å². The second-order valence-corrected chi connectivity index (χ2v) is 6.71. The molecule has 1 aromatic heterocycles. The van der Waals surface area contributed by atoms with Gasteiger partial charge in [0.2, 0.25) is 0 Å². The van der Waals surface area contributed by atoms with Crippen molar-refractivity contribution in [1.82, 2.24) is 0 Å². The Kier molecular flexibility index (Phi) is 5.38. The van der Waals surface area contributed by atoms with E-state index in [1.54, 1.807) is 31.8 Å². The summed E-state index contributed by atoms with van der Waals surface area (Å²) < 4.78 is 15.8. The standard InChI is InChI=1S/C19H21NO4S/c1-4-24-19(21)17-13-6-5-7-16(13)25-18(17)20-11-12-8-9-14(22-2)15(10-12)23-3/h8-11H,4-7H2,1-3H3. The third-order valence-electron chi connectivity index (χ3n) is 4.12. The van der Waals surface area contributed by atoms with Crippen LogP contribution >= 0.6 is 11.3 Å². The molecule has 6 heteroatoms. The van der Waals surface area contributed by atoms with Gasteiger partial charge in [-0.3, -0.25) is 0 Å². The highest BCUT2D eigenvalue weighted by atomic mass is 32.1. The third kappa shape index (κ3) is 3.54. The van der Waals surface area contributed by atoms with E-state index in [-0.39, 0.29) is 5.97 Å². The Balaban J connectivity index is 1.93. The van der Waals surface area contributed by atoms with E-state index >= 15 is 0 Å². The molecule has 0 unspecified atom stereocenters. The van der Waals surface area contributed by atoms with Crippen molar-refractivity contribution in [1.29, 1.82) is 0 Å². The van der Waals surface area contributed by atoms with Crippen LogP contribution in [-0.2, 0) is 17.6 Å². The van der Waals surface area contributed by atoms with Crippen LogP contribution in [0.5, 0.6) is 11.5 Å². The number of thiophene rings is 1. The zero-order valence-electron chi connectivity index (χ0n) is 14.6. The Bertz CT molecular complexity index is 810. The summed E-state index contributed by atoms with van der Waals surface area (Å²) in [5.41, 5.74) is 2.63. The first-order valence-corrected chi connectivity index (χ1v) is 9.07. The largest absolute Gasteiger partial charge is 0.493 e. The summed E-state index contributed by atoms with van der Waals surface area (Å²) in [4.78, 5) is 18.2. The maximum absolute atomic E-state index is 12.4. The molecule has 1 heterocycles. The van der Waals surface area contributed by atoms with Gasteiger partial charge in [-0.05, 0) is 55.5 Å². The Morgan fingerprint density at radius 2 is 2.04 bits per heavy atom. The van der Waals surface area contributed by atoms with Gasteiger partial charge < -0.3 is 14.2 Å². The number of carbonyl (C=O) groups excluding carboxylic acids is 1. The molecule has 1 aromatic carbocycles. The molecule has 0 radical (unpaired) electrons. The highest BCUT2D eigenvalue weighted by Crippen LogP contribution is 2.41. The van der Waals surface area contributed by atoms with Crippen molar-refractivity contribution >= 4 is 28.5 Å². The van der Waals surface area contributed by atoms with E-state index in [1.807, 2.05) is 25.1 Å². The molecular formula is C19H21NO4S. The third-order valence-corrected chi connectivity index (χ3v) is 5.32. The number of esters is 1. The highest BCUT2D eigenvalue weighted by molar-refractivity contribution is 7.16. The molecule has 0 amide bonds. The van der Waals surface area contributed by atoms with Crippen LogP contribution < -0.4 is 9.47 Å². The summed E-state index contributed by atoms with van der Waals surface area (Å²) in [6.45, 7) is 2.18.